The highest BCUT2D eigenvalue weighted by Crippen LogP contribution is 2.32. The van der Waals surface area contributed by atoms with Gasteiger partial charge in [0.25, 0.3) is 0 Å². The first-order chi connectivity index (χ1) is 9.24. The van der Waals surface area contributed by atoms with E-state index in [0.717, 1.165) is 29.9 Å². The summed E-state index contributed by atoms with van der Waals surface area (Å²) in [6.45, 7) is 0.822. The van der Waals surface area contributed by atoms with Gasteiger partial charge in [-0.3, -0.25) is 9.48 Å². The topological polar surface area (TPSA) is 59.0 Å². The number of carbonyl (C=O) groups is 1. The van der Waals surface area contributed by atoms with Crippen molar-refractivity contribution in [1.29, 1.82) is 0 Å². The molecular weight excluding hydrogens is 240 g/mol. The van der Waals surface area contributed by atoms with E-state index in [0.29, 0.717) is 0 Å². The fourth-order valence-corrected chi connectivity index (χ4v) is 2.46. The molecular formula is C14H16N4O. The first-order valence-electron chi connectivity index (χ1n) is 6.36. The number of nitrogens with zero attached hydrogens (tertiary/aromatic N) is 2. The summed E-state index contributed by atoms with van der Waals surface area (Å²) in [5.41, 5.74) is 2.86. The van der Waals surface area contributed by atoms with E-state index in [1.165, 1.54) is 0 Å². The maximum absolute atomic E-state index is 12.4. The number of aromatic nitrogens is 2. The first kappa shape index (κ1) is 11.8. The Morgan fingerprint density at radius 3 is 3.11 bits per heavy atom. The summed E-state index contributed by atoms with van der Waals surface area (Å²) in [7, 11) is 1.83. The van der Waals surface area contributed by atoms with Gasteiger partial charge in [0.15, 0.2) is 0 Å². The van der Waals surface area contributed by atoms with Crippen LogP contribution in [0.15, 0.2) is 36.7 Å². The number of anilines is 2. The maximum Gasteiger partial charge on any atom is 0.232 e. The molecule has 2 aromatic rings. The molecule has 98 valence electrons. The van der Waals surface area contributed by atoms with Gasteiger partial charge >= 0.3 is 0 Å². The van der Waals surface area contributed by atoms with Gasteiger partial charge in [-0.15, -0.1) is 0 Å². The minimum absolute atomic E-state index is 0.0296. The van der Waals surface area contributed by atoms with E-state index in [9.17, 15) is 4.79 Å². The van der Waals surface area contributed by atoms with Crippen LogP contribution in [0, 0.1) is 0 Å². The van der Waals surface area contributed by atoms with Crippen LogP contribution in [0.1, 0.15) is 17.9 Å². The number of para-hydroxylation sites is 1. The molecule has 5 heteroatoms. The molecule has 1 aliphatic heterocycles. The number of benzene rings is 1. The standard InChI is InChI=1S/C14H16N4O/c1-18-9-10(8-16-18)17-14(19)12-6-7-15-13-5-3-2-4-11(12)13/h2-5,8-9,12,15H,6-7H2,1H3,(H,17,19). The lowest BCUT2D eigenvalue weighted by molar-refractivity contribution is -0.117. The third kappa shape index (κ3) is 2.31. The monoisotopic (exact) mass is 256 g/mol. The van der Waals surface area contributed by atoms with Gasteiger partial charge in [0, 0.05) is 25.5 Å². The molecule has 0 bridgehead atoms. The Hall–Kier alpha value is -2.30. The summed E-state index contributed by atoms with van der Waals surface area (Å²) in [5.74, 6) is -0.0698. The van der Waals surface area contributed by atoms with Crippen molar-refractivity contribution in [2.75, 3.05) is 17.2 Å². The normalized spacial score (nSPS) is 17.4. The summed E-state index contributed by atoms with van der Waals surface area (Å²) in [4.78, 5) is 12.4. The lowest BCUT2D eigenvalue weighted by Crippen LogP contribution is -2.27. The smallest absolute Gasteiger partial charge is 0.232 e. The Labute approximate surface area is 111 Å². The highest BCUT2D eigenvalue weighted by Gasteiger charge is 2.26. The average Bonchev–Trinajstić information content (AvgIpc) is 2.83. The van der Waals surface area contributed by atoms with Crippen LogP contribution < -0.4 is 10.6 Å². The fraction of sp³-hybridized carbons (Fsp3) is 0.286. The van der Waals surface area contributed by atoms with Crippen molar-refractivity contribution < 1.29 is 4.79 Å². The first-order valence-corrected chi connectivity index (χ1v) is 6.36. The van der Waals surface area contributed by atoms with E-state index in [1.807, 2.05) is 31.3 Å². The minimum atomic E-state index is -0.0994. The zero-order chi connectivity index (χ0) is 13.2. The van der Waals surface area contributed by atoms with Crippen LogP contribution in [0.2, 0.25) is 0 Å². The fourth-order valence-electron chi connectivity index (χ4n) is 2.46. The largest absolute Gasteiger partial charge is 0.385 e. The van der Waals surface area contributed by atoms with E-state index < -0.39 is 0 Å². The van der Waals surface area contributed by atoms with Crippen LogP contribution in [-0.4, -0.2) is 22.2 Å². The van der Waals surface area contributed by atoms with Gasteiger partial charge in [-0.1, -0.05) is 18.2 Å². The van der Waals surface area contributed by atoms with Crippen LogP contribution in [0.4, 0.5) is 11.4 Å². The maximum atomic E-state index is 12.4. The molecule has 0 aliphatic carbocycles. The highest BCUT2D eigenvalue weighted by atomic mass is 16.1. The molecule has 1 aliphatic rings. The van der Waals surface area contributed by atoms with E-state index in [1.54, 1.807) is 17.1 Å². The number of hydrogen-bond donors (Lipinski definition) is 2. The third-order valence-electron chi connectivity index (χ3n) is 3.37. The zero-order valence-corrected chi connectivity index (χ0v) is 10.8. The van der Waals surface area contributed by atoms with Crippen LogP contribution in [-0.2, 0) is 11.8 Å². The molecule has 0 fully saturated rings. The number of aryl methyl sites for hydroxylation is 1. The molecule has 19 heavy (non-hydrogen) atoms. The molecule has 0 spiro atoms. The number of fused-ring (bicyclic) bond motifs is 1. The van der Waals surface area contributed by atoms with E-state index >= 15 is 0 Å². The summed E-state index contributed by atoms with van der Waals surface area (Å²) < 4.78 is 1.67. The number of rotatable bonds is 2. The van der Waals surface area contributed by atoms with E-state index in [-0.39, 0.29) is 11.8 Å². The second-order valence-corrected chi connectivity index (χ2v) is 4.75. The second kappa shape index (κ2) is 4.76. The van der Waals surface area contributed by atoms with Crippen molar-refractivity contribution in [3.63, 3.8) is 0 Å². The molecule has 0 saturated heterocycles. The van der Waals surface area contributed by atoms with Gasteiger partial charge in [0.05, 0.1) is 17.8 Å². The molecule has 1 aromatic heterocycles. The van der Waals surface area contributed by atoms with Crippen molar-refractivity contribution in [3.05, 3.63) is 42.2 Å². The summed E-state index contributed by atoms with van der Waals surface area (Å²) >= 11 is 0. The molecule has 1 atom stereocenters. The second-order valence-electron chi connectivity index (χ2n) is 4.75. The molecule has 5 nitrogen and oxygen atoms in total. The molecule has 1 aromatic carbocycles. The van der Waals surface area contributed by atoms with Gasteiger partial charge in [-0.2, -0.15) is 5.10 Å². The summed E-state index contributed by atoms with van der Waals surface area (Å²) in [6.07, 6.45) is 4.26. The minimum Gasteiger partial charge on any atom is -0.385 e. The summed E-state index contributed by atoms with van der Waals surface area (Å²) in [5, 5.41) is 10.3. The molecule has 1 amide bonds. The molecule has 0 radical (unpaired) electrons. The van der Waals surface area contributed by atoms with E-state index in [2.05, 4.69) is 15.7 Å². The van der Waals surface area contributed by atoms with Crippen LogP contribution in [0.5, 0.6) is 0 Å². The van der Waals surface area contributed by atoms with Crippen molar-refractivity contribution >= 4 is 17.3 Å². The van der Waals surface area contributed by atoms with Crippen molar-refractivity contribution in [3.8, 4) is 0 Å². The van der Waals surface area contributed by atoms with Crippen LogP contribution >= 0.6 is 0 Å². The quantitative estimate of drug-likeness (QED) is 0.863. The molecule has 2 heterocycles. The Bertz CT molecular complexity index is 605. The van der Waals surface area contributed by atoms with Crippen molar-refractivity contribution in [2.45, 2.75) is 12.3 Å². The molecule has 2 N–H and O–H groups in total. The van der Waals surface area contributed by atoms with E-state index in [4.69, 9.17) is 0 Å². The third-order valence-corrected chi connectivity index (χ3v) is 3.37. The van der Waals surface area contributed by atoms with Crippen molar-refractivity contribution in [2.24, 2.45) is 7.05 Å². The average molecular weight is 256 g/mol. The van der Waals surface area contributed by atoms with Gasteiger partial charge in [0.1, 0.15) is 0 Å². The molecule has 0 saturated carbocycles. The highest BCUT2D eigenvalue weighted by molar-refractivity contribution is 5.97. The lowest BCUT2D eigenvalue weighted by Gasteiger charge is -2.25. The Morgan fingerprint density at radius 2 is 2.32 bits per heavy atom. The lowest BCUT2D eigenvalue weighted by atomic mass is 9.90. The number of amides is 1. The van der Waals surface area contributed by atoms with Crippen LogP contribution in [0.3, 0.4) is 0 Å². The van der Waals surface area contributed by atoms with Gasteiger partial charge in [-0.25, -0.2) is 0 Å². The Balaban J connectivity index is 1.81. The zero-order valence-electron chi connectivity index (χ0n) is 10.8. The Morgan fingerprint density at radius 1 is 1.47 bits per heavy atom. The van der Waals surface area contributed by atoms with Gasteiger partial charge < -0.3 is 10.6 Å². The van der Waals surface area contributed by atoms with Crippen LogP contribution in [0.25, 0.3) is 0 Å². The predicted octanol–water partition coefficient (Wildman–Crippen LogP) is 1.96. The van der Waals surface area contributed by atoms with Gasteiger partial charge in [0.2, 0.25) is 5.91 Å². The van der Waals surface area contributed by atoms with Gasteiger partial charge in [-0.05, 0) is 18.1 Å². The SMILES string of the molecule is Cn1cc(NC(=O)C2CCNc3ccccc32)cn1. The molecule has 1 unspecified atom stereocenters. The molecule has 3 rings (SSSR count). The van der Waals surface area contributed by atoms with Crippen molar-refractivity contribution in [1.82, 2.24) is 9.78 Å². The summed E-state index contributed by atoms with van der Waals surface area (Å²) in [6, 6.07) is 7.97. The number of carbonyl (C=O) groups excluding carboxylic acids is 1. The predicted molar refractivity (Wildman–Crippen MR) is 74.1 cm³/mol. The number of hydrogen-bond acceptors (Lipinski definition) is 3. The Kier molecular flexibility index (Phi) is 2.95. The number of nitrogens with one attached hydrogen (secondary N) is 2.